The Hall–Kier alpha value is -1.73. The Balaban J connectivity index is 3.01. The summed E-state index contributed by atoms with van der Waals surface area (Å²) in [4.78, 5) is 10.9. The van der Waals surface area contributed by atoms with Gasteiger partial charge in [0.2, 0.25) is 0 Å². The van der Waals surface area contributed by atoms with Gasteiger partial charge in [-0.15, -0.1) is 5.11 Å². The molecular formula is C6H8N4O3. The highest BCUT2D eigenvalue weighted by Gasteiger charge is 2.19. The van der Waals surface area contributed by atoms with Gasteiger partial charge in [-0.2, -0.15) is 0 Å². The molecule has 0 saturated carbocycles. The van der Waals surface area contributed by atoms with Gasteiger partial charge < -0.3 is 10.4 Å². The molecule has 0 bridgehead atoms. The minimum atomic E-state index is -0.854. The van der Waals surface area contributed by atoms with Crippen molar-refractivity contribution in [1.82, 2.24) is 10.4 Å². The topological polar surface area (TPSA) is 109 Å². The summed E-state index contributed by atoms with van der Waals surface area (Å²) >= 11 is 0. The highest BCUT2D eigenvalue weighted by Crippen LogP contribution is 2.11. The van der Waals surface area contributed by atoms with E-state index in [1.54, 1.807) is 0 Å². The molecule has 0 aliphatic carbocycles. The molecule has 0 aromatic rings. The van der Waals surface area contributed by atoms with E-state index in [-0.39, 0.29) is 11.4 Å². The summed E-state index contributed by atoms with van der Waals surface area (Å²) in [7, 11) is 0. The maximum atomic E-state index is 10.9. The summed E-state index contributed by atoms with van der Waals surface area (Å²) in [6.07, 6.45) is 2.50. The van der Waals surface area contributed by atoms with Crippen molar-refractivity contribution < 1.29 is 15.1 Å². The molecule has 1 amide bonds. The van der Waals surface area contributed by atoms with Crippen molar-refractivity contribution in [2.45, 2.75) is 0 Å². The van der Waals surface area contributed by atoms with Crippen LogP contribution in [-0.2, 0) is 4.79 Å². The highest BCUT2D eigenvalue weighted by atomic mass is 16.5. The van der Waals surface area contributed by atoms with Gasteiger partial charge >= 0.3 is 5.91 Å². The fourth-order valence-electron chi connectivity index (χ4n) is 0.872. The van der Waals surface area contributed by atoms with E-state index in [4.69, 9.17) is 15.8 Å². The Bertz CT molecular complexity index is 296. The zero-order valence-electron chi connectivity index (χ0n) is 6.56. The van der Waals surface area contributed by atoms with Crippen LogP contribution < -0.4 is 5.32 Å². The van der Waals surface area contributed by atoms with Crippen molar-refractivity contribution in [3.63, 3.8) is 0 Å². The van der Waals surface area contributed by atoms with Crippen LogP contribution in [0.4, 0.5) is 0 Å². The van der Waals surface area contributed by atoms with Gasteiger partial charge in [-0.3, -0.25) is 10.0 Å². The van der Waals surface area contributed by atoms with Crippen molar-refractivity contribution in [2.75, 3.05) is 6.61 Å². The van der Waals surface area contributed by atoms with E-state index in [9.17, 15) is 4.79 Å². The quantitative estimate of drug-likeness (QED) is 0.433. The molecule has 1 heterocycles. The monoisotopic (exact) mass is 184 g/mol. The first-order valence-corrected chi connectivity index (χ1v) is 3.37. The van der Waals surface area contributed by atoms with E-state index in [2.05, 4.69) is 10.4 Å². The van der Waals surface area contributed by atoms with Crippen molar-refractivity contribution in [3.8, 4) is 0 Å². The average molecular weight is 184 g/mol. The number of hydrogen-bond acceptors (Lipinski definition) is 6. The van der Waals surface area contributed by atoms with Gasteiger partial charge in [0.05, 0.1) is 6.61 Å². The molecule has 1 aliphatic heterocycles. The summed E-state index contributed by atoms with van der Waals surface area (Å²) in [6, 6.07) is 0. The molecule has 4 N–H and O–H groups in total. The Kier molecular flexibility index (Phi) is 2.72. The van der Waals surface area contributed by atoms with Gasteiger partial charge in [-0.05, 0) is 0 Å². The number of nitrogens with zero attached hydrogens (tertiary/aromatic N) is 2. The fraction of sp³-hybridized carbons (Fsp3) is 0.167. The summed E-state index contributed by atoms with van der Waals surface area (Å²) < 4.78 is 0. The lowest BCUT2D eigenvalue weighted by molar-refractivity contribution is -0.116. The largest absolute Gasteiger partial charge is 0.390 e. The van der Waals surface area contributed by atoms with Crippen molar-refractivity contribution >= 4 is 5.91 Å². The number of carbonyl (C=O) groups excluding carboxylic acids is 1. The maximum Gasteiger partial charge on any atom is 0.313 e. The number of aliphatic hydroxyl groups is 1. The maximum absolute atomic E-state index is 10.9. The molecule has 0 fully saturated rings. The van der Waals surface area contributed by atoms with E-state index < -0.39 is 12.5 Å². The van der Waals surface area contributed by atoms with Gasteiger partial charge in [-0.25, -0.2) is 10.6 Å². The number of amides is 1. The summed E-state index contributed by atoms with van der Waals surface area (Å²) in [6.45, 7) is -0.523. The molecule has 0 atom stereocenters. The molecule has 0 saturated heterocycles. The fourth-order valence-corrected chi connectivity index (χ4v) is 0.872. The zero-order chi connectivity index (χ0) is 9.84. The number of hydroxylamine groups is 2. The molecule has 7 heteroatoms. The van der Waals surface area contributed by atoms with Crippen LogP contribution >= 0.6 is 0 Å². The molecule has 1 rings (SSSR count). The molecule has 0 unspecified atom stereocenters. The van der Waals surface area contributed by atoms with Crippen molar-refractivity contribution in [1.29, 1.82) is 5.53 Å². The van der Waals surface area contributed by atoms with Gasteiger partial charge in [0, 0.05) is 12.4 Å². The Morgan fingerprint density at radius 1 is 1.77 bits per heavy atom. The first kappa shape index (κ1) is 9.36. The number of hydrogen-bond donors (Lipinski definition) is 4. The van der Waals surface area contributed by atoms with Crippen LogP contribution in [0, 0.1) is 5.53 Å². The van der Waals surface area contributed by atoms with Crippen LogP contribution in [-0.4, -0.2) is 27.9 Å². The van der Waals surface area contributed by atoms with Gasteiger partial charge in [0.15, 0.2) is 0 Å². The van der Waals surface area contributed by atoms with Crippen molar-refractivity contribution in [3.05, 3.63) is 23.8 Å². The first-order chi connectivity index (χ1) is 6.20. The molecule has 0 radical (unpaired) electrons. The number of carbonyl (C=O) groups is 1. The number of rotatable bonds is 2. The Morgan fingerprint density at radius 2 is 2.46 bits per heavy atom. The molecule has 0 spiro atoms. The average Bonchev–Trinajstić information content (AvgIpc) is 2.16. The molecule has 7 nitrogen and oxygen atoms in total. The van der Waals surface area contributed by atoms with Crippen molar-refractivity contribution in [2.24, 2.45) is 5.11 Å². The van der Waals surface area contributed by atoms with Crippen LogP contribution in [0.5, 0.6) is 0 Å². The Labute approximate surface area is 73.4 Å². The summed E-state index contributed by atoms with van der Waals surface area (Å²) in [5.41, 5.74) is 6.32. The third-order valence-corrected chi connectivity index (χ3v) is 1.47. The lowest BCUT2D eigenvalue weighted by Crippen LogP contribution is -2.29. The predicted octanol–water partition coefficient (Wildman–Crippen LogP) is -0.487. The highest BCUT2D eigenvalue weighted by molar-refractivity contribution is 5.94. The normalized spacial score (nSPS) is 15.7. The van der Waals surface area contributed by atoms with Gasteiger partial charge in [0.1, 0.15) is 11.4 Å². The standard InChI is InChI=1S/C6H8N4O3/c7-9-6(12)5-4(3-11)10(13)2-1-8-5/h1-2,7-8,11,13H,3H2. The smallest absolute Gasteiger partial charge is 0.313 e. The SMILES string of the molecule is N=NC(=O)C1=C(CO)N(O)C=CN1. The van der Waals surface area contributed by atoms with Crippen LogP contribution in [0.15, 0.2) is 28.9 Å². The van der Waals surface area contributed by atoms with E-state index in [0.29, 0.717) is 5.06 Å². The zero-order valence-corrected chi connectivity index (χ0v) is 6.56. The van der Waals surface area contributed by atoms with Crippen LogP contribution in [0.25, 0.3) is 0 Å². The van der Waals surface area contributed by atoms with Gasteiger partial charge in [0.25, 0.3) is 0 Å². The number of nitrogens with one attached hydrogen (secondary N) is 2. The van der Waals surface area contributed by atoms with Crippen LogP contribution in [0.2, 0.25) is 0 Å². The number of aliphatic hydroxyl groups excluding tert-OH is 1. The molecule has 70 valence electrons. The molecule has 0 aromatic heterocycles. The molecule has 1 aliphatic rings. The van der Waals surface area contributed by atoms with E-state index in [1.807, 2.05) is 0 Å². The summed E-state index contributed by atoms with van der Waals surface area (Å²) in [5.74, 6) is -0.854. The van der Waals surface area contributed by atoms with Crippen LogP contribution in [0.1, 0.15) is 0 Å². The predicted molar refractivity (Wildman–Crippen MR) is 40.2 cm³/mol. The first-order valence-electron chi connectivity index (χ1n) is 3.37. The lowest BCUT2D eigenvalue weighted by atomic mass is 10.3. The Morgan fingerprint density at radius 3 is 3.00 bits per heavy atom. The molecular weight excluding hydrogens is 176 g/mol. The van der Waals surface area contributed by atoms with E-state index >= 15 is 0 Å². The lowest BCUT2D eigenvalue weighted by Gasteiger charge is -2.21. The minimum Gasteiger partial charge on any atom is -0.390 e. The molecule has 0 aromatic carbocycles. The van der Waals surface area contributed by atoms with Gasteiger partial charge in [-0.1, -0.05) is 0 Å². The third-order valence-electron chi connectivity index (χ3n) is 1.47. The van der Waals surface area contributed by atoms with E-state index in [1.165, 1.54) is 12.4 Å². The minimum absolute atomic E-state index is 0.0384. The van der Waals surface area contributed by atoms with E-state index in [0.717, 1.165) is 0 Å². The second kappa shape index (κ2) is 3.78. The third kappa shape index (κ3) is 1.71. The molecule has 13 heavy (non-hydrogen) atoms. The second-order valence-electron chi connectivity index (χ2n) is 2.20. The van der Waals surface area contributed by atoms with Crippen LogP contribution in [0.3, 0.4) is 0 Å². The second-order valence-corrected chi connectivity index (χ2v) is 2.20. The summed E-state index contributed by atoms with van der Waals surface area (Å²) in [5, 5.41) is 23.6.